The van der Waals surface area contributed by atoms with E-state index in [0.29, 0.717) is 36.0 Å². The topological polar surface area (TPSA) is 34.9 Å². The van der Waals surface area contributed by atoms with Gasteiger partial charge in [0, 0.05) is 24.5 Å². The molecule has 2 heterocycles. The Bertz CT molecular complexity index is 919. The standard InChI is InChI=1S/C18H16F2N2O/c1-2-22-13(9-8-12-5-3-7-15(19)17(12)20)11-16(23)14-6-4-10-21-18(14)22/h3-7,10-11H,2,8-9H2,1H3. The normalized spacial score (nSPS) is 11.1. The summed E-state index contributed by atoms with van der Waals surface area (Å²) < 4.78 is 29.0. The smallest absolute Gasteiger partial charge is 0.191 e. The van der Waals surface area contributed by atoms with E-state index in [1.165, 1.54) is 6.07 Å². The van der Waals surface area contributed by atoms with Gasteiger partial charge in [0.15, 0.2) is 17.1 Å². The van der Waals surface area contributed by atoms with Crippen LogP contribution in [0.4, 0.5) is 8.78 Å². The second-order valence-electron chi connectivity index (χ2n) is 5.33. The van der Waals surface area contributed by atoms with Crippen LogP contribution < -0.4 is 5.43 Å². The molecule has 0 bridgehead atoms. The van der Waals surface area contributed by atoms with Crippen molar-refractivity contribution in [2.75, 3.05) is 0 Å². The number of halogens is 2. The number of fused-ring (bicyclic) bond motifs is 1. The largest absolute Gasteiger partial charge is 0.330 e. The van der Waals surface area contributed by atoms with E-state index in [4.69, 9.17) is 0 Å². The quantitative estimate of drug-likeness (QED) is 0.739. The van der Waals surface area contributed by atoms with Gasteiger partial charge in [0.25, 0.3) is 0 Å². The van der Waals surface area contributed by atoms with Gasteiger partial charge >= 0.3 is 0 Å². The molecule has 0 fully saturated rings. The summed E-state index contributed by atoms with van der Waals surface area (Å²) in [4.78, 5) is 16.5. The highest BCUT2D eigenvalue weighted by molar-refractivity contribution is 5.75. The summed E-state index contributed by atoms with van der Waals surface area (Å²) in [5.74, 6) is -1.67. The third-order valence-corrected chi connectivity index (χ3v) is 3.95. The fourth-order valence-electron chi connectivity index (χ4n) is 2.81. The van der Waals surface area contributed by atoms with E-state index >= 15 is 0 Å². The third kappa shape index (κ3) is 2.86. The van der Waals surface area contributed by atoms with Crippen molar-refractivity contribution in [3.8, 4) is 0 Å². The van der Waals surface area contributed by atoms with E-state index in [0.717, 1.165) is 11.8 Å². The number of pyridine rings is 2. The van der Waals surface area contributed by atoms with Gasteiger partial charge < -0.3 is 4.57 Å². The highest BCUT2D eigenvalue weighted by atomic mass is 19.2. The molecular weight excluding hydrogens is 298 g/mol. The molecule has 23 heavy (non-hydrogen) atoms. The molecule has 0 saturated heterocycles. The van der Waals surface area contributed by atoms with Gasteiger partial charge in [-0.25, -0.2) is 13.8 Å². The maximum atomic E-state index is 13.8. The van der Waals surface area contributed by atoms with E-state index in [9.17, 15) is 13.6 Å². The van der Waals surface area contributed by atoms with Crippen LogP contribution in [0.25, 0.3) is 11.0 Å². The van der Waals surface area contributed by atoms with Gasteiger partial charge in [-0.3, -0.25) is 4.79 Å². The molecule has 5 heteroatoms. The molecular formula is C18H16F2N2O. The van der Waals surface area contributed by atoms with Gasteiger partial charge in [-0.05, 0) is 43.5 Å². The molecule has 0 spiro atoms. The van der Waals surface area contributed by atoms with Gasteiger partial charge in [-0.2, -0.15) is 0 Å². The van der Waals surface area contributed by atoms with Crippen molar-refractivity contribution in [2.24, 2.45) is 0 Å². The lowest BCUT2D eigenvalue weighted by molar-refractivity contribution is 0.498. The Morgan fingerprint density at radius 3 is 2.74 bits per heavy atom. The molecule has 0 amide bonds. The van der Waals surface area contributed by atoms with E-state index in [2.05, 4.69) is 4.98 Å². The van der Waals surface area contributed by atoms with Crippen molar-refractivity contribution in [3.05, 3.63) is 75.7 Å². The van der Waals surface area contributed by atoms with Crippen LogP contribution in [0.5, 0.6) is 0 Å². The number of hydrogen-bond donors (Lipinski definition) is 0. The zero-order valence-corrected chi connectivity index (χ0v) is 12.7. The first kappa shape index (κ1) is 15.3. The average Bonchev–Trinajstić information content (AvgIpc) is 2.56. The Morgan fingerprint density at radius 1 is 1.13 bits per heavy atom. The van der Waals surface area contributed by atoms with Gasteiger partial charge in [0.2, 0.25) is 0 Å². The lowest BCUT2D eigenvalue weighted by Crippen LogP contribution is -2.15. The Balaban J connectivity index is 2.00. The third-order valence-electron chi connectivity index (χ3n) is 3.95. The minimum absolute atomic E-state index is 0.104. The van der Waals surface area contributed by atoms with Crippen LogP contribution in [-0.2, 0) is 19.4 Å². The molecule has 0 radical (unpaired) electrons. The fourth-order valence-corrected chi connectivity index (χ4v) is 2.81. The van der Waals surface area contributed by atoms with Crippen molar-refractivity contribution in [3.63, 3.8) is 0 Å². The maximum absolute atomic E-state index is 13.8. The van der Waals surface area contributed by atoms with E-state index in [1.807, 2.05) is 11.5 Å². The molecule has 2 aromatic heterocycles. The zero-order chi connectivity index (χ0) is 16.4. The maximum Gasteiger partial charge on any atom is 0.191 e. The van der Waals surface area contributed by atoms with Crippen LogP contribution in [-0.4, -0.2) is 9.55 Å². The first-order chi connectivity index (χ1) is 11.1. The van der Waals surface area contributed by atoms with Gasteiger partial charge in [-0.1, -0.05) is 12.1 Å². The number of aryl methyl sites for hydroxylation is 3. The highest BCUT2D eigenvalue weighted by Gasteiger charge is 2.11. The summed E-state index contributed by atoms with van der Waals surface area (Å²) in [6.45, 7) is 2.61. The molecule has 118 valence electrons. The number of benzene rings is 1. The van der Waals surface area contributed by atoms with Crippen molar-refractivity contribution in [1.29, 1.82) is 0 Å². The molecule has 0 aliphatic rings. The Morgan fingerprint density at radius 2 is 1.96 bits per heavy atom. The Labute approximate surface area is 132 Å². The van der Waals surface area contributed by atoms with E-state index in [-0.39, 0.29) is 5.43 Å². The molecule has 3 rings (SSSR count). The summed E-state index contributed by atoms with van der Waals surface area (Å²) in [6, 6.07) is 9.18. The van der Waals surface area contributed by atoms with Gasteiger partial charge in [-0.15, -0.1) is 0 Å². The van der Waals surface area contributed by atoms with Gasteiger partial charge in [0.1, 0.15) is 5.65 Å². The minimum Gasteiger partial charge on any atom is -0.330 e. The lowest BCUT2D eigenvalue weighted by Gasteiger charge is -2.14. The summed E-state index contributed by atoms with van der Waals surface area (Å²) >= 11 is 0. The zero-order valence-electron chi connectivity index (χ0n) is 12.7. The predicted octanol–water partition coefficient (Wildman–Crippen LogP) is 3.48. The summed E-state index contributed by atoms with van der Waals surface area (Å²) in [5, 5.41) is 0.565. The van der Waals surface area contributed by atoms with Crippen LogP contribution in [0.1, 0.15) is 18.2 Å². The number of aromatic nitrogens is 2. The second-order valence-corrected chi connectivity index (χ2v) is 5.33. The number of hydrogen-bond acceptors (Lipinski definition) is 2. The van der Waals surface area contributed by atoms with E-state index in [1.54, 1.807) is 30.5 Å². The lowest BCUT2D eigenvalue weighted by atomic mass is 10.1. The highest BCUT2D eigenvalue weighted by Crippen LogP contribution is 2.16. The van der Waals surface area contributed by atoms with Crippen molar-refractivity contribution >= 4 is 11.0 Å². The van der Waals surface area contributed by atoms with Crippen molar-refractivity contribution in [1.82, 2.24) is 9.55 Å². The monoisotopic (exact) mass is 314 g/mol. The molecule has 1 aromatic carbocycles. The Hall–Kier alpha value is -2.56. The Kier molecular flexibility index (Phi) is 4.19. The SMILES string of the molecule is CCn1c(CCc2cccc(F)c2F)cc(=O)c2cccnc21. The molecule has 0 unspecified atom stereocenters. The average molecular weight is 314 g/mol. The first-order valence-electron chi connectivity index (χ1n) is 7.52. The van der Waals surface area contributed by atoms with Gasteiger partial charge in [0.05, 0.1) is 5.39 Å². The molecule has 0 saturated carbocycles. The molecule has 0 atom stereocenters. The number of rotatable bonds is 4. The summed E-state index contributed by atoms with van der Waals surface area (Å²) in [6.07, 6.45) is 2.40. The first-order valence-corrected chi connectivity index (χ1v) is 7.52. The summed E-state index contributed by atoms with van der Waals surface area (Å²) in [5.41, 5.74) is 1.60. The van der Waals surface area contributed by atoms with Crippen LogP contribution in [0.3, 0.4) is 0 Å². The molecule has 3 nitrogen and oxygen atoms in total. The molecule has 0 aliphatic heterocycles. The summed E-state index contributed by atoms with van der Waals surface area (Å²) in [7, 11) is 0. The van der Waals surface area contributed by atoms with Crippen molar-refractivity contribution < 1.29 is 8.78 Å². The van der Waals surface area contributed by atoms with E-state index < -0.39 is 11.6 Å². The van der Waals surface area contributed by atoms with Crippen LogP contribution in [0.15, 0.2) is 47.4 Å². The molecule has 0 aliphatic carbocycles. The van der Waals surface area contributed by atoms with Crippen LogP contribution >= 0.6 is 0 Å². The minimum atomic E-state index is -0.851. The van der Waals surface area contributed by atoms with Crippen LogP contribution in [0.2, 0.25) is 0 Å². The second kappa shape index (κ2) is 6.28. The van der Waals surface area contributed by atoms with Crippen LogP contribution in [0, 0.1) is 11.6 Å². The number of nitrogens with zero attached hydrogens (tertiary/aromatic N) is 2. The fraction of sp³-hybridized carbons (Fsp3) is 0.222. The molecule has 0 N–H and O–H groups in total. The van der Waals surface area contributed by atoms with Crippen molar-refractivity contribution in [2.45, 2.75) is 26.3 Å². The predicted molar refractivity (Wildman–Crippen MR) is 85.4 cm³/mol. The molecule has 3 aromatic rings.